The molecule has 6 heteroatoms. The summed E-state index contributed by atoms with van der Waals surface area (Å²) in [6.45, 7) is 28.8. The number of fused-ring (bicyclic) bond motifs is 3. The zero-order valence-electron chi connectivity index (χ0n) is 43.8. The Morgan fingerprint density at radius 3 is 1.74 bits per heavy atom. The summed E-state index contributed by atoms with van der Waals surface area (Å²) in [5.41, 5.74) is 10.1. The van der Waals surface area contributed by atoms with Crippen LogP contribution in [-0.4, -0.2) is 14.1 Å². The third-order valence-corrected chi connectivity index (χ3v) is 13.6. The molecule has 0 bridgehead atoms. The molecular weight excluding hydrogens is 1010 g/mol. The van der Waals surface area contributed by atoms with Gasteiger partial charge in [0, 0.05) is 62.0 Å². The van der Waals surface area contributed by atoms with E-state index in [-0.39, 0.29) is 55.1 Å². The molecule has 0 aliphatic rings. The Hall–Kier alpha value is -6.03. The Labute approximate surface area is 422 Å². The summed E-state index contributed by atoms with van der Waals surface area (Å²) in [7, 11) is 0. The van der Waals surface area contributed by atoms with Crippen LogP contribution in [-0.2, 0) is 48.1 Å². The first kappa shape index (κ1) is 45.7. The fourth-order valence-electron chi connectivity index (χ4n) is 8.94. The number of pyridine rings is 1. The predicted octanol–water partition coefficient (Wildman–Crippen LogP) is 15.0. The second-order valence-corrected chi connectivity index (χ2v) is 22.3. The average molecular weight is 1080 g/mol. The Bertz CT molecular complexity index is 3350. The quantitative estimate of drug-likeness (QED) is 0.107. The van der Waals surface area contributed by atoms with Crippen LogP contribution < -0.4 is 9.30 Å². The molecule has 0 amide bonds. The third kappa shape index (κ3) is 9.40. The van der Waals surface area contributed by atoms with Gasteiger partial charge in [0.15, 0.2) is 0 Å². The minimum atomic E-state index is -0.476. The van der Waals surface area contributed by atoms with Crippen LogP contribution in [0, 0.1) is 18.5 Å². The van der Waals surface area contributed by atoms with E-state index in [1.54, 1.807) is 9.13 Å². The first-order chi connectivity index (χ1) is 32.4. The molecule has 3 heterocycles. The smallest absolute Gasteiger partial charge is 0.267 e. The maximum atomic E-state index is 9.39. The van der Waals surface area contributed by atoms with Crippen LogP contribution >= 0.6 is 0 Å². The number of imidazole rings is 1. The fraction of sp³-hybridized carbons (Fsp3) is 0.290. The SMILES string of the molecule is [2H]c1c([2H])[n+](-c2cc(C(C)(C)C)cc(C(C)(C)C)c2)[c-]n1-c1[c-]c(Oc2[c-]c3c(cc2)c2cc(C(C)(C)c4ccccc4)ccc2n3-c2cc(C(C)(C)C)ccn2)cc(C(C)(C)c2ccccc2)c1.[Pt]. The number of benzene rings is 6. The van der Waals surface area contributed by atoms with Crippen LogP contribution in [0.15, 0.2) is 152 Å². The number of hydrogen-bond donors (Lipinski definition) is 0. The maximum absolute atomic E-state index is 9.39. The molecule has 68 heavy (non-hydrogen) atoms. The van der Waals surface area contributed by atoms with Gasteiger partial charge < -0.3 is 13.9 Å². The fourth-order valence-corrected chi connectivity index (χ4v) is 8.94. The van der Waals surface area contributed by atoms with E-state index in [1.165, 1.54) is 16.7 Å². The molecule has 0 radical (unpaired) electrons. The van der Waals surface area contributed by atoms with Crippen molar-refractivity contribution >= 4 is 21.8 Å². The Kier molecular flexibility index (Phi) is 12.0. The monoisotopic (exact) mass is 1080 g/mol. The second-order valence-electron chi connectivity index (χ2n) is 22.3. The largest absolute Gasteiger partial charge is 0.510 e. The molecular formula is C62H64N4OPt-2. The standard InChI is InChI=1S/C62H64N4O.Pt/c1-58(2,3)44-28-29-63-57(38-44)66-55-27-24-45(61(10,11)42-20-16-14-17-21-42)37-54(55)53-26-25-51(40-56(53)66)67-52-36-48(62(12,13)43-22-18-15-19-23-43)35-50(39-52)65-31-30-64(41-65)49-33-46(59(4,5)6)32-47(34-49)60(7,8)9;/h14-38H,1-13H3;/q-2;/i30D,31D;. The van der Waals surface area contributed by atoms with E-state index < -0.39 is 5.41 Å². The second kappa shape index (κ2) is 17.8. The Morgan fingerprint density at radius 2 is 1.13 bits per heavy atom. The molecule has 0 atom stereocenters. The van der Waals surface area contributed by atoms with Gasteiger partial charge in [-0.1, -0.05) is 174 Å². The van der Waals surface area contributed by atoms with E-state index in [0.29, 0.717) is 17.2 Å². The van der Waals surface area contributed by atoms with Gasteiger partial charge in [-0.2, -0.15) is 12.1 Å². The summed E-state index contributed by atoms with van der Waals surface area (Å²) < 4.78 is 31.1. The van der Waals surface area contributed by atoms with Crippen LogP contribution in [0.5, 0.6) is 11.5 Å². The van der Waals surface area contributed by atoms with Gasteiger partial charge in [0.2, 0.25) is 0 Å². The van der Waals surface area contributed by atoms with Gasteiger partial charge in [0.05, 0.1) is 8.43 Å². The van der Waals surface area contributed by atoms with Crippen molar-refractivity contribution in [3.05, 3.63) is 209 Å². The van der Waals surface area contributed by atoms with Crippen LogP contribution in [0.4, 0.5) is 0 Å². The first-order valence-electron chi connectivity index (χ1n) is 24.5. The minimum absolute atomic E-state index is 0. The third-order valence-electron chi connectivity index (χ3n) is 13.6. The van der Waals surface area contributed by atoms with E-state index in [0.717, 1.165) is 55.6 Å². The van der Waals surface area contributed by atoms with Crippen molar-refractivity contribution in [2.45, 2.75) is 117 Å². The van der Waals surface area contributed by atoms with Crippen molar-refractivity contribution in [1.82, 2.24) is 14.1 Å². The van der Waals surface area contributed by atoms with Crippen molar-refractivity contribution in [3.63, 3.8) is 0 Å². The number of aromatic nitrogens is 4. The number of hydrogen-bond acceptors (Lipinski definition) is 2. The molecule has 9 rings (SSSR count). The normalized spacial score (nSPS) is 13.1. The van der Waals surface area contributed by atoms with Crippen LogP contribution in [0.3, 0.4) is 0 Å². The summed E-state index contributed by atoms with van der Waals surface area (Å²) in [4.78, 5) is 4.97. The van der Waals surface area contributed by atoms with Crippen molar-refractivity contribution in [3.8, 4) is 28.7 Å². The van der Waals surface area contributed by atoms with Gasteiger partial charge in [-0.05, 0) is 96.4 Å². The molecule has 3 aromatic heterocycles. The topological polar surface area (TPSA) is 35.9 Å². The Balaban J connectivity index is 0.00000659. The van der Waals surface area contributed by atoms with Crippen LogP contribution in [0.2, 0.25) is 0 Å². The molecule has 0 saturated carbocycles. The average Bonchev–Trinajstić information content (AvgIpc) is 3.80. The van der Waals surface area contributed by atoms with Crippen molar-refractivity contribution in [1.29, 1.82) is 0 Å². The number of rotatable bonds is 9. The van der Waals surface area contributed by atoms with Crippen molar-refractivity contribution in [2.75, 3.05) is 0 Å². The molecule has 0 N–H and O–H groups in total. The zero-order chi connectivity index (χ0) is 49.4. The van der Waals surface area contributed by atoms with E-state index >= 15 is 0 Å². The number of ether oxygens (including phenoxy) is 1. The predicted molar refractivity (Wildman–Crippen MR) is 276 cm³/mol. The van der Waals surface area contributed by atoms with E-state index in [1.807, 2.05) is 30.5 Å². The number of nitrogens with zero attached hydrogens (tertiary/aromatic N) is 4. The molecule has 0 aliphatic carbocycles. The van der Waals surface area contributed by atoms with Gasteiger partial charge in [-0.3, -0.25) is 4.57 Å². The molecule has 0 unspecified atom stereocenters. The molecule has 0 saturated heterocycles. The molecule has 6 aromatic carbocycles. The van der Waals surface area contributed by atoms with Gasteiger partial charge in [0.25, 0.3) is 6.33 Å². The molecule has 9 aromatic rings. The molecule has 0 aliphatic heterocycles. The van der Waals surface area contributed by atoms with E-state index in [2.05, 4.69) is 222 Å². The first-order valence-corrected chi connectivity index (χ1v) is 23.5. The van der Waals surface area contributed by atoms with Crippen molar-refractivity contribution < 1.29 is 33.1 Å². The van der Waals surface area contributed by atoms with Crippen LogP contribution in [0.25, 0.3) is 39.0 Å². The zero-order valence-corrected chi connectivity index (χ0v) is 44.1. The van der Waals surface area contributed by atoms with Gasteiger partial charge in [-0.15, -0.1) is 35.2 Å². The summed E-state index contributed by atoms with van der Waals surface area (Å²) in [5.74, 6) is 1.77. The van der Waals surface area contributed by atoms with E-state index in [9.17, 15) is 2.74 Å². The van der Waals surface area contributed by atoms with Gasteiger partial charge in [0.1, 0.15) is 5.82 Å². The van der Waals surface area contributed by atoms with Gasteiger partial charge in [-0.25, -0.2) is 4.98 Å². The molecule has 5 nitrogen and oxygen atoms in total. The summed E-state index contributed by atoms with van der Waals surface area (Å²) in [6, 6.07) is 54.0. The van der Waals surface area contributed by atoms with Crippen molar-refractivity contribution in [2.24, 2.45) is 0 Å². The van der Waals surface area contributed by atoms with Crippen LogP contribution in [0.1, 0.15) is 132 Å². The molecule has 0 fully saturated rings. The molecule has 0 spiro atoms. The molecule has 350 valence electrons. The maximum Gasteiger partial charge on any atom is 0.267 e. The summed E-state index contributed by atoms with van der Waals surface area (Å²) in [5, 5.41) is 2.14. The minimum Gasteiger partial charge on any atom is -0.510 e. The van der Waals surface area contributed by atoms with Gasteiger partial charge >= 0.3 is 0 Å². The summed E-state index contributed by atoms with van der Waals surface area (Å²) >= 11 is 0. The Morgan fingerprint density at radius 1 is 0.529 bits per heavy atom. The van der Waals surface area contributed by atoms with E-state index in [4.69, 9.17) is 9.72 Å². The summed E-state index contributed by atoms with van der Waals surface area (Å²) in [6.07, 6.45) is 5.32.